The third-order valence-electron chi connectivity index (χ3n) is 4.51. The first-order chi connectivity index (χ1) is 12.3. The van der Waals surface area contributed by atoms with E-state index in [0.29, 0.717) is 13.1 Å². The van der Waals surface area contributed by atoms with E-state index in [4.69, 9.17) is 0 Å². The maximum absolute atomic E-state index is 12.6. The van der Waals surface area contributed by atoms with E-state index in [9.17, 15) is 4.79 Å². The van der Waals surface area contributed by atoms with Crippen molar-refractivity contribution in [2.75, 3.05) is 31.1 Å². The zero-order chi connectivity index (χ0) is 17.1. The molecule has 0 atom stereocenters. The van der Waals surface area contributed by atoms with Gasteiger partial charge in [0.05, 0.1) is 6.20 Å². The molecule has 126 valence electrons. The SMILES string of the molecule is O=C(c1ccccc1)N1CCN(c2[nH]ncc2-c2ccncc2)CC1. The number of nitrogens with one attached hydrogen (secondary N) is 1. The van der Waals surface area contributed by atoms with Gasteiger partial charge in [0.1, 0.15) is 5.82 Å². The number of anilines is 1. The zero-order valence-corrected chi connectivity index (χ0v) is 13.8. The fourth-order valence-electron chi connectivity index (χ4n) is 3.16. The number of hydrogen-bond acceptors (Lipinski definition) is 4. The molecule has 1 saturated heterocycles. The lowest BCUT2D eigenvalue weighted by molar-refractivity contribution is 0.0746. The molecule has 6 heteroatoms. The minimum absolute atomic E-state index is 0.0965. The molecule has 0 bridgehead atoms. The van der Waals surface area contributed by atoms with Gasteiger partial charge in [-0.05, 0) is 29.8 Å². The van der Waals surface area contributed by atoms with Crippen molar-refractivity contribution in [3.8, 4) is 11.1 Å². The Kier molecular flexibility index (Phi) is 4.16. The number of amides is 1. The highest BCUT2D eigenvalue weighted by atomic mass is 16.2. The maximum Gasteiger partial charge on any atom is 0.253 e. The topological polar surface area (TPSA) is 65.1 Å². The molecule has 25 heavy (non-hydrogen) atoms. The lowest BCUT2D eigenvalue weighted by Gasteiger charge is -2.35. The molecule has 1 N–H and O–H groups in total. The highest BCUT2D eigenvalue weighted by Gasteiger charge is 2.24. The van der Waals surface area contributed by atoms with E-state index in [-0.39, 0.29) is 5.91 Å². The molecule has 6 nitrogen and oxygen atoms in total. The van der Waals surface area contributed by atoms with Crippen LogP contribution in [0.2, 0.25) is 0 Å². The monoisotopic (exact) mass is 333 g/mol. The van der Waals surface area contributed by atoms with Gasteiger partial charge in [0.15, 0.2) is 0 Å². The Labute approximate surface area is 146 Å². The molecule has 3 aromatic rings. The Morgan fingerprint density at radius 2 is 1.68 bits per heavy atom. The van der Waals surface area contributed by atoms with Gasteiger partial charge in [-0.25, -0.2) is 0 Å². The normalized spacial score (nSPS) is 14.6. The Morgan fingerprint density at radius 3 is 2.40 bits per heavy atom. The highest BCUT2D eigenvalue weighted by molar-refractivity contribution is 5.94. The molecular weight excluding hydrogens is 314 g/mol. The van der Waals surface area contributed by atoms with E-state index in [1.807, 2.05) is 53.6 Å². The van der Waals surface area contributed by atoms with Crippen LogP contribution in [0.15, 0.2) is 61.1 Å². The molecule has 1 fully saturated rings. The van der Waals surface area contributed by atoms with Gasteiger partial charge in [-0.2, -0.15) is 5.10 Å². The van der Waals surface area contributed by atoms with Crippen molar-refractivity contribution in [2.24, 2.45) is 0 Å². The summed E-state index contributed by atoms with van der Waals surface area (Å²) in [6.07, 6.45) is 5.40. The molecule has 1 aliphatic rings. The van der Waals surface area contributed by atoms with Crippen molar-refractivity contribution in [1.82, 2.24) is 20.1 Å². The van der Waals surface area contributed by atoms with Crippen molar-refractivity contribution in [2.45, 2.75) is 0 Å². The quantitative estimate of drug-likeness (QED) is 0.799. The second-order valence-corrected chi connectivity index (χ2v) is 6.01. The number of nitrogens with zero attached hydrogens (tertiary/aromatic N) is 4. The number of carbonyl (C=O) groups excluding carboxylic acids is 1. The van der Waals surface area contributed by atoms with Crippen molar-refractivity contribution >= 4 is 11.7 Å². The molecule has 1 amide bonds. The summed E-state index contributed by atoms with van der Waals surface area (Å²) in [4.78, 5) is 20.8. The van der Waals surface area contributed by atoms with Crippen LogP contribution in [0, 0.1) is 0 Å². The number of aromatic amines is 1. The summed E-state index contributed by atoms with van der Waals surface area (Å²) < 4.78 is 0. The second-order valence-electron chi connectivity index (χ2n) is 6.01. The number of H-pyrrole nitrogens is 1. The van der Waals surface area contributed by atoms with Gasteiger partial charge in [-0.1, -0.05) is 18.2 Å². The third-order valence-corrected chi connectivity index (χ3v) is 4.51. The summed E-state index contributed by atoms with van der Waals surface area (Å²) in [5.41, 5.74) is 2.89. The number of benzene rings is 1. The van der Waals surface area contributed by atoms with Crippen LogP contribution in [0.3, 0.4) is 0 Å². The standard InChI is InChI=1S/C19H19N5O/c25-19(16-4-2-1-3-5-16)24-12-10-23(11-13-24)18-17(14-21-22-18)15-6-8-20-9-7-15/h1-9,14H,10-13H2,(H,21,22). The average Bonchev–Trinajstić information content (AvgIpc) is 3.19. The van der Waals surface area contributed by atoms with E-state index < -0.39 is 0 Å². The van der Waals surface area contributed by atoms with Gasteiger partial charge < -0.3 is 9.80 Å². The molecule has 0 unspecified atom stereocenters. The van der Waals surface area contributed by atoms with Gasteiger partial charge >= 0.3 is 0 Å². The largest absolute Gasteiger partial charge is 0.353 e. The molecule has 0 aliphatic carbocycles. The molecule has 0 saturated carbocycles. The molecule has 1 aliphatic heterocycles. The maximum atomic E-state index is 12.6. The number of carbonyl (C=O) groups is 1. The lowest BCUT2D eigenvalue weighted by atomic mass is 10.1. The van der Waals surface area contributed by atoms with E-state index in [0.717, 1.165) is 35.6 Å². The van der Waals surface area contributed by atoms with Crippen LogP contribution in [0.1, 0.15) is 10.4 Å². The van der Waals surface area contributed by atoms with Crippen LogP contribution < -0.4 is 4.90 Å². The van der Waals surface area contributed by atoms with Gasteiger partial charge in [0.2, 0.25) is 0 Å². The summed E-state index contributed by atoms with van der Waals surface area (Å²) in [5, 5.41) is 7.31. The fraction of sp³-hybridized carbons (Fsp3) is 0.211. The van der Waals surface area contributed by atoms with Crippen LogP contribution in [0.4, 0.5) is 5.82 Å². The van der Waals surface area contributed by atoms with Gasteiger partial charge in [-0.15, -0.1) is 0 Å². The summed E-state index contributed by atoms with van der Waals surface area (Å²) >= 11 is 0. The number of aromatic nitrogens is 3. The van der Waals surface area contributed by atoms with Gasteiger partial charge in [0.25, 0.3) is 5.91 Å². The number of piperazine rings is 1. The number of rotatable bonds is 3. The Hall–Kier alpha value is -3.15. The van der Waals surface area contributed by atoms with Crippen LogP contribution in [-0.4, -0.2) is 52.2 Å². The average molecular weight is 333 g/mol. The summed E-state index contributed by atoms with van der Waals surface area (Å²) in [7, 11) is 0. The summed E-state index contributed by atoms with van der Waals surface area (Å²) in [6, 6.07) is 13.4. The smallest absolute Gasteiger partial charge is 0.253 e. The van der Waals surface area contributed by atoms with E-state index >= 15 is 0 Å². The molecule has 4 rings (SSSR count). The third kappa shape index (κ3) is 3.10. The zero-order valence-electron chi connectivity index (χ0n) is 13.8. The molecular formula is C19H19N5O. The van der Waals surface area contributed by atoms with Gasteiger partial charge in [-0.3, -0.25) is 14.9 Å². The first kappa shape index (κ1) is 15.4. The van der Waals surface area contributed by atoms with Crippen molar-refractivity contribution in [3.63, 3.8) is 0 Å². The summed E-state index contributed by atoms with van der Waals surface area (Å²) in [5.74, 6) is 1.09. The predicted molar refractivity (Wildman–Crippen MR) is 96.4 cm³/mol. The highest BCUT2D eigenvalue weighted by Crippen LogP contribution is 2.28. The minimum Gasteiger partial charge on any atom is -0.353 e. The number of pyridine rings is 1. The van der Waals surface area contributed by atoms with Crippen molar-refractivity contribution in [3.05, 3.63) is 66.6 Å². The first-order valence-corrected chi connectivity index (χ1v) is 8.36. The van der Waals surface area contributed by atoms with Crippen LogP contribution in [0.5, 0.6) is 0 Å². The Balaban J connectivity index is 1.47. The first-order valence-electron chi connectivity index (χ1n) is 8.36. The molecule has 0 radical (unpaired) electrons. The summed E-state index contributed by atoms with van der Waals surface area (Å²) in [6.45, 7) is 2.95. The predicted octanol–water partition coefficient (Wildman–Crippen LogP) is 2.43. The van der Waals surface area contributed by atoms with E-state index in [2.05, 4.69) is 20.1 Å². The van der Waals surface area contributed by atoms with E-state index in [1.54, 1.807) is 12.4 Å². The number of hydrogen-bond donors (Lipinski definition) is 1. The van der Waals surface area contributed by atoms with Crippen LogP contribution in [0.25, 0.3) is 11.1 Å². The molecule has 0 spiro atoms. The van der Waals surface area contributed by atoms with Gasteiger partial charge in [0, 0.05) is 49.7 Å². The Bertz CT molecular complexity index is 839. The minimum atomic E-state index is 0.0965. The fourth-order valence-corrected chi connectivity index (χ4v) is 3.16. The second kappa shape index (κ2) is 6.76. The molecule has 3 heterocycles. The molecule has 2 aromatic heterocycles. The van der Waals surface area contributed by atoms with Crippen molar-refractivity contribution in [1.29, 1.82) is 0 Å². The lowest BCUT2D eigenvalue weighted by Crippen LogP contribution is -2.49. The van der Waals surface area contributed by atoms with E-state index in [1.165, 1.54) is 0 Å². The van der Waals surface area contributed by atoms with Crippen LogP contribution in [-0.2, 0) is 0 Å². The Morgan fingerprint density at radius 1 is 0.960 bits per heavy atom. The van der Waals surface area contributed by atoms with Crippen molar-refractivity contribution < 1.29 is 4.79 Å². The van der Waals surface area contributed by atoms with Crippen LogP contribution >= 0.6 is 0 Å². The molecule has 1 aromatic carbocycles.